The van der Waals surface area contributed by atoms with Crippen molar-refractivity contribution in [2.45, 2.75) is 45.2 Å². The number of aromatic nitrogens is 2. The van der Waals surface area contributed by atoms with Crippen molar-refractivity contribution in [2.24, 2.45) is 5.92 Å². The number of nitrogens with one attached hydrogen (secondary N) is 2. The molecule has 1 amide bonds. The molecule has 146 valence electrons. The van der Waals surface area contributed by atoms with Crippen LogP contribution in [0, 0.1) is 16.0 Å². The Morgan fingerprint density at radius 2 is 1.96 bits per heavy atom. The number of carbonyl (C=O) groups excluding carboxylic acids is 1. The highest BCUT2D eigenvalue weighted by Crippen LogP contribution is 2.38. The summed E-state index contributed by atoms with van der Waals surface area (Å²) in [6.07, 6.45) is 4.20. The first-order valence-corrected chi connectivity index (χ1v) is 9.37. The van der Waals surface area contributed by atoms with Gasteiger partial charge in [-0.3, -0.25) is 14.9 Å². The molecule has 0 aliphatic heterocycles. The number of rotatable bonds is 7. The number of hydrogen-bond acceptors (Lipinski definition) is 7. The summed E-state index contributed by atoms with van der Waals surface area (Å²) < 4.78 is 0. The maximum Gasteiger partial charge on any atom is 0.329 e. The van der Waals surface area contributed by atoms with Crippen LogP contribution in [-0.4, -0.2) is 32.9 Å². The van der Waals surface area contributed by atoms with Crippen LogP contribution in [0.5, 0.6) is 0 Å². The average molecular weight is 382 g/mol. The smallest absolute Gasteiger partial charge is 0.329 e. The molecule has 2 atom stereocenters. The van der Waals surface area contributed by atoms with Gasteiger partial charge in [-0.05, 0) is 49.4 Å². The molecule has 2 aliphatic rings. The zero-order valence-electron chi connectivity index (χ0n) is 15.8. The summed E-state index contributed by atoms with van der Waals surface area (Å²) >= 11 is 0. The molecule has 4 rings (SSSR count). The molecule has 2 aliphatic carbocycles. The molecule has 9 nitrogen and oxygen atoms in total. The van der Waals surface area contributed by atoms with Gasteiger partial charge in [-0.1, -0.05) is 6.92 Å². The summed E-state index contributed by atoms with van der Waals surface area (Å²) in [7, 11) is 0. The first-order valence-electron chi connectivity index (χ1n) is 9.37. The highest BCUT2D eigenvalue weighted by atomic mass is 16.6. The maximum atomic E-state index is 12.0. The molecule has 0 bridgehead atoms. The molecule has 28 heavy (non-hydrogen) atoms. The van der Waals surface area contributed by atoms with Gasteiger partial charge in [0.2, 0.25) is 17.7 Å². The van der Waals surface area contributed by atoms with E-state index >= 15 is 0 Å². The normalized spacial score (nSPS) is 20.4. The molecule has 0 spiro atoms. The topological polar surface area (TPSA) is 113 Å². The monoisotopic (exact) mass is 382 g/mol. The molecule has 2 N–H and O–H groups in total. The Morgan fingerprint density at radius 3 is 2.50 bits per heavy atom. The van der Waals surface area contributed by atoms with Crippen LogP contribution < -0.4 is 15.5 Å². The molecule has 9 heteroatoms. The van der Waals surface area contributed by atoms with E-state index in [4.69, 9.17) is 0 Å². The van der Waals surface area contributed by atoms with Gasteiger partial charge >= 0.3 is 5.69 Å². The lowest BCUT2D eigenvalue weighted by Gasteiger charge is -2.21. The molecule has 2 fully saturated rings. The molecular formula is C19H22N6O3. The van der Waals surface area contributed by atoms with Crippen LogP contribution in [0.15, 0.2) is 30.5 Å². The summed E-state index contributed by atoms with van der Waals surface area (Å²) in [5, 5.41) is 17.3. The summed E-state index contributed by atoms with van der Waals surface area (Å²) in [4.78, 5) is 32.8. The number of carbonyl (C=O) groups is 1. The summed E-state index contributed by atoms with van der Waals surface area (Å²) in [6.45, 7) is 3.71. The molecule has 0 radical (unpaired) electrons. The highest BCUT2D eigenvalue weighted by molar-refractivity contribution is 5.93. The Hall–Kier alpha value is -3.23. The fourth-order valence-electron chi connectivity index (χ4n) is 3.20. The summed E-state index contributed by atoms with van der Waals surface area (Å²) in [5.74, 6) is 1.06. The number of anilines is 4. The minimum atomic E-state index is -0.488. The third-order valence-electron chi connectivity index (χ3n) is 5.02. The van der Waals surface area contributed by atoms with Crippen molar-refractivity contribution in [1.29, 1.82) is 0 Å². The van der Waals surface area contributed by atoms with Gasteiger partial charge in [0.05, 0.1) is 4.92 Å². The van der Waals surface area contributed by atoms with E-state index in [0.717, 1.165) is 30.6 Å². The molecule has 1 aromatic heterocycles. The van der Waals surface area contributed by atoms with Crippen molar-refractivity contribution in [1.82, 2.24) is 9.97 Å². The fraction of sp³-hybridized carbons (Fsp3) is 0.421. The van der Waals surface area contributed by atoms with E-state index in [2.05, 4.69) is 27.5 Å². The second kappa shape index (κ2) is 7.06. The first-order chi connectivity index (χ1) is 13.4. The van der Waals surface area contributed by atoms with E-state index in [-0.39, 0.29) is 35.4 Å². The van der Waals surface area contributed by atoms with Crippen molar-refractivity contribution in [3.05, 3.63) is 40.6 Å². The first kappa shape index (κ1) is 18.1. The highest BCUT2D eigenvalue weighted by Gasteiger charge is 2.40. The number of amides is 1. The van der Waals surface area contributed by atoms with E-state index in [1.807, 2.05) is 29.2 Å². The molecule has 1 aromatic carbocycles. The van der Waals surface area contributed by atoms with Gasteiger partial charge in [0.25, 0.3) is 0 Å². The third-order valence-corrected chi connectivity index (χ3v) is 5.02. The van der Waals surface area contributed by atoms with Crippen molar-refractivity contribution >= 4 is 34.7 Å². The van der Waals surface area contributed by atoms with E-state index in [0.29, 0.717) is 5.92 Å². The fourth-order valence-corrected chi connectivity index (χ4v) is 3.20. The summed E-state index contributed by atoms with van der Waals surface area (Å²) in [6, 6.07) is 7.95. The minimum absolute atomic E-state index is 0.0320. The van der Waals surface area contributed by atoms with Gasteiger partial charge in [-0.2, -0.15) is 4.98 Å². The van der Waals surface area contributed by atoms with Gasteiger partial charge in [0, 0.05) is 30.4 Å². The molecule has 2 aromatic rings. The molecule has 0 saturated heterocycles. The van der Waals surface area contributed by atoms with Crippen LogP contribution in [0.4, 0.5) is 28.8 Å². The van der Waals surface area contributed by atoms with Crippen molar-refractivity contribution in [3.8, 4) is 0 Å². The van der Waals surface area contributed by atoms with E-state index in [9.17, 15) is 14.9 Å². The van der Waals surface area contributed by atoms with Crippen LogP contribution in [0.3, 0.4) is 0 Å². The Kier molecular flexibility index (Phi) is 4.58. The average Bonchev–Trinajstić information content (AvgIpc) is 3.56. The summed E-state index contributed by atoms with van der Waals surface area (Å²) in [5.41, 5.74) is 1.46. The van der Waals surface area contributed by atoms with Crippen LogP contribution in [-0.2, 0) is 4.79 Å². The predicted octanol–water partition coefficient (Wildman–Crippen LogP) is 3.46. The molecule has 2 saturated carbocycles. The van der Waals surface area contributed by atoms with Crippen LogP contribution in [0.1, 0.15) is 33.1 Å². The van der Waals surface area contributed by atoms with Gasteiger partial charge in [-0.15, -0.1) is 0 Å². The number of nitro groups is 1. The molecule has 2 unspecified atom stereocenters. The zero-order valence-corrected chi connectivity index (χ0v) is 15.8. The SMILES string of the molecule is CC(=O)N(c1ccc(Nc2ncc([N+](=O)[O-])c(NC3CC3)n2)cc1)C1CC1C. The largest absolute Gasteiger partial charge is 0.361 e. The van der Waals surface area contributed by atoms with Gasteiger partial charge in [0.15, 0.2) is 0 Å². The van der Waals surface area contributed by atoms with E-state index in [1.54, 1.807) is 6.92 Å². The van der Waals surface area contributed by atoms with Crippen molar-refractivity contribution in [2.75, 3.05) is 15.5 Å². The lowest BCUT2D eigenvalue weighted by molar-refractivity contribution is -0.384. The Balaban J connectivity index is 1.51. The molecular weight excluding hydrogens is 360 g/mol. The predicted molar refractivity (Wildman–Crippen MR) is 106 cm³/mol. The maximum absolute atomic E-state index is 12.0. The van der Waals surface area contributed by atoms with Crippen LogP contribution in [0.25, 0.3) is 0 Å². The van der Waals surface area contributed by atoms with Gasteiger partial charge in [0.1, 0.15) is 6.20 Å². The number of benzene rings is 1. The van der Waals surface area contributed by atoms with Gasteiger partial charge in [-0.25, -0.2) is 4.98 Å². The Labute approximate surface area is 162 Å². The van der Waals surface area contributed by atoms with E-state index in [1.165, 1.54) is 6.20 Å². The van der Waals surface area contributed by atoms with Crippen molar-refractivity contribution < 1.29 is 9.72 Å². The quantitative estimate of drug-likeness (QED) is 0.557. The lowest BCUT2D eigenvalue weighted by atomic mass is 10.2. The lowest BCUT2D eigenvalue weighted by Crippen LogP contribution is -2.31. The van der Waals surface area contributed by atoms with E-state index < -0.39 is 4.92 Å². The standard InChI is InChI=1S/C19H22N6O3/c1-11-9-16(11)24(12(2)26)15-7-5-14(6-8-15)22-19-20-10-17(25(27)28)18(23-19)21-13-3-4-13/h5-8,10-11,13,16H,3-4,9H2,1-2H3,(H2,20,21,22,23). The van der Waals surface area contributed by atoms with Crippen molar-refractivity contribution in [3.63, 3.8) is 0 Å². The Bertz CT molecular complexity index is 912. The number of nitrogens with zero attached hydrogens (tertiary/aromatic N) is 4. The second-order valence-corrected chi connectivity index (χ2v) is 7.44. The number of hydrogen-bond donors (Lipinski definition) is 2. The van der Waals surface area contributed by atoms with Gasteiger partial charge < -0.3 is 15.5 Å². The zero-order chi connectivity index (χ0) is 19.8. The van der Waals surface area contributed by atoms with Crippen LogP contribution >= 0.6 is 0 Å². The molecule has 1 heterocycles. The minimum Gasteiger partial charge on any atom is -0.361 e. The second-order valence-electron chi connectivity index (χ2n) is 7.44. The Morgan fingerprint density at radius 1 is 1.29 bits per heavy atom. The van der Waals surface area contributed by atoms with Crippen LogP contribution in [0.2, 0.25) is 0 Å². The third kappa shape index (κ3) is 3.88.